The van der Waals surface area contributed by atoms with Crippen LogP contribution in [0.1, 0.15) is 5.56 Å². The topological polar surface area (TPSA) is 93.5 Å². The second-order valence-corrected chi connectivity index (χ2v) is 5.41. The van der Waals surface area contributed by atoms with Gasteiger partial charge in [-0.1, -0.05) is 6.07 Å². The molecule has 0 bridgehead atoms. The highest BCUT2D eigenvalue weighted by atomic mass is 32.1. The summed E-state index contributed by atoms with van der Waals surface area (Å²) >= 11 is 4.82. The van der Waals surface area contributed by atoms with Crippen LogP contribution in [0.2, 0.25) is 0 Å². The number of nitrogens with one attached hydrogen (secondary N) is 2. The Morgan fingerprint density at radius 1 is 1.16 bits per heavy atom. The predicted octanol–water partition coefficient (Wildman–Crippen LogP) is 2.87. The van der Waals surface area contributed by atoms with E-state index in [0.29, 0.717) is 5.56 Å². The van der Waals surface area contributed by atoms with Crippen molar-refractivity contribution >= 4 is 35.0 Å². The van der Waals surface area contributed by atoms with Crippen LogP contribution in [0, 0.1) is 15.9 Å². The Bertz CT molecular complexity index is 912. The van der Waals surface area contributed by atoms with Crippen LogP contribution in [0.5, 0.6) is 11.5 Å². The van der Waals surface area contributed by atoms with E-state index in [0.717, 1.165) is 0 Å². The molecule has 1 fully saturated rings. The van der Waals surface area contributed by atoms with E-state index in [-0.39, 0.29) is 28.0 Å². The molecule has 0 spiro atoms. The van der Waals surface area contributed by atoms with Gasteiger partial charge in [0.05, 0.1) is 4.92 Å². The number of halogens is 1. The minimum Gasteiger partial charge on any atom is -0.450 e. The molecule has 2 aromatic rings. The molecule has 2 N–H and O–H groups in total. The van der Waals surface area contributed by atoms with Crippen LogP contribution in [-0.4, -0.2) is 15.9 Å². The highest BCUT2D eigenvalue weighted by Gasteiger charge is 2.21. The summed E-state index contributed by atoms with van der Waals surface area (Å²) in [5.74, 6) is -0.598. The lowest BCUT2D eigenvalue weighted by atomic mass is 10.1. The van der Waals surface area contributed by atoms with Crippen LogP contribution in [-0.2, 0) is 4.79 Å². The Morgan fingerprint density at radius 2 is 1.88 bits per heavy atom. The highest BCUT2D eigenvalue weighted by Crippen LogP contribution is 2.32. The van der Waals surface area contributed by atoms with Gasteiger partial charge in [-0.05, 0) is 54.2 Å². The number of benzene rings is 2. The number of ether oxygens (including phenoxy) is 1. The molecule has 0 aliphatic carbocycles. The monoisotopic (exact) mass is 359 g/mol. The van der Waals surface area contributed by atoms with Gasteiger partial charge in [-0.3, -0.25) is 20.2 Å². The van der Waals surface area contributed by atoms with Gasteiger partial charge < -0.3 is 10.1 Å². The van der Waals surface area contributed by atoms with Gasteiger partial charge in [0.1, 0.15) is 17.3 Å². The first-order chi connectivity index (χ1) is 11.9. The molecule has 1 heterocycles. The quantitative estimate of drug-likeness (QED) is 0.377. The normalized spacial score (nSPS) is 15.0. The van der Waals surface area contributed by atoms with Gasteiger partial charge in [-0.25, -0.2) is 4.39 Å². The Morgan fingerprint density at radius 3 is 2.48 bits per heavy atom. The summed E-state index contributed by atoms with van der Waals surface area (Å²) in [6, 6.07) is 9.32. The van der Waals surface area contributed by atoms with Crippen molar-refractivity contribution in [3.8, 4) is 11.5 Å². The third-order valence-corrected chi connectivity index (χ3v) is 3.46. The Labute approximate surface area is 146 Å². The third kappa shape index (κ3) is 3.78. The van der Waals surface area contributed by atoms with E-state index in [9.17, 15) is 19.3 Å². The number of nitrogens with zero attached hydrogens (tertiary/aromatic N) is 1. The minimum absolute atomic E-state index is 0.00175. The molecule has 0 unspecified atom stereocenters. The fraction of sp³-hybridized carbons (Fsp3) is 0. The number of nitro groups is 1. The maximum absolute atomic E-state index is 12.9. The van der Waals surface area contributed by atoms with Crippen LogP contribution >= 0.6 is 12.2 Å². The Kier molecular flexibility index (Phi) is 4.40. The molecule has 7 nitrogen and oxygen atoms in total. The molecule has 0 radical (unpaired) electrons. The van der Waals surface area contributed by atoms with E-state index < -0.39 is 16.6 Å². The number of thiocarbonyl (C=S) groups is 1. The zero-order chi connectivity index (χ0) is 18.0. The smallest absolute Gasteiger partial charge is 0.312 e. The van der Waals surface area contributed by atoms with Gasteiger partial charge in [0.2, 0.25) is 5.75 Å². The fourth-order valence-corrected chi connectivity index (χ4v) is 2.33. The van der Waals surface area contributed by atoms with E-state index in [1.54, 1.807) is 6.07 Å². The van der Waals surface area contributed by atoms with Gasteiger partial charge >= 0.3 is 5.69 Å². The first kappa shape index (κ1) is 16.5. The standard InChI is InChI=1S/C16H10FN3O4S/c17-10-2-4-11(5-3-10)24-14-6-1-9(8-13(14)20(22)23)7-12-15(21)19-16(25)18-12/h1-8H,(H2,18,19,21,25). The number of nitro benzene ring substituents is 1. The first-order valence-corrected chi connectivity index (χ1v) is 7.39. The number of hydrogen-bond acceptors (Lipinski definition) is 5. The van der Waals surface area contributed by atoms with Crippen LogP contribution in [0.25, 0.3) is 6.08 Å². The summed E-state index contributed by atoms with van der Waals surface area (Å²) in [6.07, 6.45) is 1.43. The molecule has 0 aromatic heterocycles. The van der Waals surface area contributed by atoms with Crippen molar-refractivity contribution in [2.24, 2.45) is 0 Å². The van der Waals surface area contributed by atoms with E-state index in [1.807, 2.05) is 0 Å². The number of rotatable bonds is 4. The van der Waals surface area contributed by atoms with Gasteiger partial charge in [-0.2, -0.15) is 0 Å². The van der Waals surface area contributed by atoms with Crippen molar-refractivity contribution in [3.05, 3.63) is 69.7 Å². The summed E-state index contributed by atoms with van der Waals surface area (Å²) in [4.78, 5) is 22.3. The molecule has 9 heteroatoms. The maximum atomic E-state index is 12.9. The number of carbonyl (C=O) groups excluding carboxylic acids is 1. The molecule has 1 amide bonds. The molecule has 126 valence electrons. The largest absolute Gasteiger partial charge is 0.450 e. The summed E-state index contributed by atoms with van der Waals surface area (Å²) in [5.41, 5.74) is 0.312. The molecule has 1 aliphatic heterocycles. The third-order valence-electron chi connectivity index (χ3n) is 3.25. The first-order valence-electron chi connectivity index (χ1n) is 6.98. The molecule has 0 atom stereocenters. The van der Waals surface area contributed by atoms with Crippen molar-refractivity contribution in [2.45, 2.75) is 0 Å². The minimum atomic E-state index is -0.604. The van der Waals surface area contributed by atoms with Crippen LogP contribution in [0.3, 0.4) is 0 Å². The zero-order valence-corrected chi connectivity index (χ0v) is 13.3. The maximum Gasteiger partial charge on any atom is 0.312 e. The average Bonchev–Trinajstić information content (AvgIpc) is 2.88. The summed E-state index contributed by atoms with van der Waals surface area (Å²) in [7, 11) is 0. The number of amides is 1. The van der Waals surface area contributed by atoms with E-state index in [1.165, 1.54) is 42.5 Å². The summed E-state index contributed by atoms with van der Waals surface area (Å²) < 4.78 is 18.4. The second kappa shape index (κ2) is 6.65. The lowest BCUT2D eigenvalue weighted by molar-refractivity contribution is -0.385. The SMILES string of the molecule is O=C1NC(=S)NC1=Cc1ccc(Oc2ccc(F)cc2)c([N+](=O)[O-])c1. The molecule has 2 aromatic carbocycles. The average molecular weight is 359 g/mol. The molecule has 0 saturated carbocycles. The van der Waals surface area contributed by atoms with Crippen LogP contribution < -0.4 is 15.4 Å². The van der Waals surface area contributed by atoms with Gasteiger partial charge in [0.25, 0.3) is 5.91 Å². The fourth-order valence-electron chi connectivity index (χ4n) is 2.13. The molecule has 3 rings (SSSR count). The highest BCUT2D eigenvalue weighted by molar-refractivity contribution is 7.80. The lowest BCUT2D eigenvalue weighted by Crippen LogP contribution is -2.21. The van der Waals surface area contributed by atoms with Crippen molar-refractivity contribution in [1.82, 2.24) is 10.6 Å². The molecule has 1 aliphatic rings. The van der Waals surface area contributed by atoms with Gasteiger partial charge in [-0.15, -0.1) is 0 Å². The van der Waals surface area contributed by atoms with Crippen molar-refractivity contribution < 1.29 is 18.8 Å². The van der Waals surface area contributed by atoms with E-state index in [4.69, 9.17) is 17.0 Å². The Hall–Kier alpha value is -3.33. The lowest BCUT2D eigenvalue weighted by Gasteiger charge is -2.07. The van der Waals surface area contributed by atoms with Gasteiger partial charge in [0, 0.05) is 6.07 Å². The summed E-state index contributed by atoms with van der Waals surface area (Å²) in [6.45, 7) is 0. The van der Waals surface area contributed by atoms with Crippen molar-refractivity contribution in [3.63, 3.8) is 0 Å². The van der Waals surface area contributed by atoms with E-state index >= 15 is 0 Å². The van der Waals surface area contributed by atoms with E-state index in [2.05, 4.69) is 10.6 Å². The van der Waals surface area contributed by atoms with Gasteiger partial charge in [0.15, 0.2) is 5.11 Å². The predicted molar refractivity (Wildman–Crippen MR) is 91.4 cm³/mol. The number of carbonyl (C=O) groups is 1. The summed E-state index contributed by atoms with van der Waals surface area (Å²) in [5, 5.41) is 16.5. The molecular weight excluding hydrogens is 349 g/mol. The van der Waals surface area contributed by atoms with Crippen molar-refractivity contribution in [2.75, 3.05) is 0 Å². The molecule has 25 heavy (non-hydrogen) atoms. The zero-order valence-electron chi connectivity index (χ0n) is 12.5. The Balaban J connectivity index is 1.92. The molecular formula is C16H10FN3O4S. The number of hydrogen-bond donors (Lipinski definition) is 2. The second-order valence-electron chi connectivity index (χ2n) is 5.01. The van der Waals surface area contributed by atoms with Crippen LogP contribution in [0.15, 0.2) is 48.2 Å². The molecule has 1 saturated heterocycles. The van der Waals surface area contributed by atoms with Crippen LogP contribution in [0.4, 0.5) is 10.1 Å². The van der Waals surface area contributed by atoms with Crippen molar-refractivity contribution in [1.29, 1.82) is 0 Å².